The Morgan fingerprint density at radius 3 is 2.86 bits per heavy atom. The number of aromatic hydroxyl groups is 1. The molecule has 2 aromatic heterocycles. The fraction of sp³-hybridized carbons (Fsp3) is 0.500. The SMILES string of the molecule is Cc1cnc(-c2nnc(NC3CCCN(CC(=O)O)C3)c3c2CCC3)c(O)c1. The number of hydrogen-bond acceptors (Lipinski definition) is 7. The molecule has 0 radical (unpaired) electrons. The normalized spacial score (nSPS) is 19.4. The van der Waals surface area contributed by atoms with Gasteiger partial charge in [0.1, 0.15) is 17.1 Å². The summed E-state index contributed by atoms with van der Waals surface area (Å²) in [6.45, 7) is 3.45. The summed E-state index contributed by atoms with van der Waals surface area (Å²) >= 11 is 0. The Morgan fingerprint density at radius 1 is 1.25 bits per heavy atom. The molecular weight excluding hydrogens is 358 g/mol. The van der Waals surface area contributed by atoms with Crippen molar-refractivity contribution in [2.75, 3.05) is 25.0 Å². The number of rotatable bonds is 5. The van der Waals surface area contributed by atoms with Crippen LogP contribution in [0.1, 0.15) is 36.0 Å². The Labute approximate surface area is 163 Å². The lowest BCUT2D eigenvalue weighted by Crippen LogP contribution is -2.44. The zero-order valence-corrected chi connectivity index (χ0v) is 16.0. The van der Waals surface area contributed by atoms with E-state index in [4.69, 9.17) is 5.11 Å². The van der Waals surface area contributed by atoms with Gasteiger partial charge in [-0.15, -0.1) is 10.2 Å². The number of fused-ring (bicyclic) bond motifs is 1. The quantitative estimate of drug-likeness (QED) is 0.719. The standard InChI is InChI=1S/C20H25N5O3/c1-12-8-16(26)19(21-9-12)18-14-5-2-6-15(14)20(24-23-18)22-13-4-3-7-25(10-13)11-17(27)28/h8-9,13,26H,2-7,10-11H2,1H3,(H,22,24)(H,27,28). The number of piperidine rings is 1. The molecule has 0 bridgehead atoms. The molecule has 0 saturated carbocycles. The predicted octanol–water partition coefficient (Wildman–Crippen LogP) is 2.00. The average molecular weight is 383 g/mol. The van der Waals surface area contributed by atoms with Crippen LogP contribution in [0.3, 0.4) is 0 Å². The van der Waals surface area contributed by atoms with E-state index in [1.54, 1.807) is 12.3 Å². The maximum absolute atomic E-state index is 11.0. The number of aromatic nitrogens is 3. The van der Waals surface area contributed by atoms with Gasteiger partial charge in [0.05, 0.1) is 6.54 Å². The van der Waals surface area contributed by atoms with Crippen molar-refractivity contribution < 1.29 is 15.0 Å². The topological polar surface area (TPSA) is 111 Å². The first-order chi connectivity index (χ1) is 13.5. The molecule has 1 aliphatic heterocycles. The number of pyridine rings is 1. The monoisotopic (exact) mass is 383 g/mol. The molecule has 2 aromatic rings. The highest BCUT2D eigenvalue weighted by molar-refractivity contribution is 5.70. The van der Waals surface area contributed by atoms with Crippen molar-refractivity contribution in [2.24, 2.45) is 0 Å². The summed E-state index contributed by atoms with van der Waals surface area (Å²) in [5.41, 5.74) is 4.27. The fourth-order valence-electron chi connectivity index (χ4n) is 4.23. The van der Waals surface area contributed by atoms with Crippen LogP contribution in [0.5, 0.6) is 5.75 Å². The summed E-state index contributed by atoms with van der Waals surface area (Å²) in [7, 11) is 0. The van der Waals surface area contributed by atoms with Crippen molar-refractivity contribution >= 4 is 11.8 Å². The minimum absolute atomic E-state index is 0.0687. The van der Waals surface area contributed by atoms with Gasteiger partial charge in [-0.05, 0) is 62.8 Å². The minimum Gasteiger partial charge on any atom is -0.506 e. The van der Waals surface area contributed by atoms with Gasteiger partial charge in [-0.1, -0.05) is 0 Å². The number of anilines is 1. The highest BCUT2D eigenvalue weighted by Crippen LogP contribution is 2.36. The number of hydrogen-bond donors (Lipinski definition) is 3. The summed E-state index contributed by atoms with van der Waals surface area (Å²) in [5, 5.41) is 31.7. The minimum atomic E-state index is -0.795. The molecule has 0 aromatic carbocycles. The van der Waals surface area contributed by atoms with Crippen LogP contribution in [0, 0.1) is 6.92 Å². The lowest BCUT2D eigenvalue weighted by Gasteiger charge is -2.32. The number of carboxylic acid groups (broad SMARTS) is 1. The molecule has 0 amide bonds. The molecule has 1 atom stereocenters. The van der Waals surface area contributed by atoms with Crippen molar-refractivity contribution in [1.29, 1.82) is 0 Å². The van der Waals surface area contributed by atoms with Crippen molar-refractivity contribution in [3.05, 3.63) is 29.0 Å². The molecule has 1 aliphatic carbocycles. The van der Waals surface area contributed by atoms with Gasteiger partial charge in [0.2, 0.25) is 0 Å². The van der Waals surface area contributed by atoms with Crippen LogP contribution in [0.25, 0.3) is 11.4 Å². The summed E-state index contributed by atoms with van der Waals surface area (Å²) in [6.07, 6.45) is 6.49. The number of nitrogens with one attached hydrogen (secondary N) is 1. The Balaban J connectivity index is 1.58. The zero-order valence-electron chi connectivity index (χ0n) is 16.0. The van der Waals surface area contributed by atoms with Gasteiger partial charge in [-0.2, -0.15) is 0 Å². The third kappa shape index (κ3) is 3.77. The third-order valence-corrected chi connectivity index (χ3v) is 5.47. The second-order valence-corrected chi connectivity index (χ2v) is 7.70. The molecule has 2 aliphatic rings. The highest BCUT2D eigenvalue weighted by Gasteiger charge is 2.27. The zero-order chi connectivity index (χ0) is 19.7. The summed E-state index contributed by atoms with van der Waals surface area (Å²) < 4.78 is 0. The van der Waals surface area contributed by atoms with E-state index in [1.165, 1.54) is 0 Å². The van der Waals surface area contributed by atoms with Crippen molar-refractivity contribution in [1.82, 2.24) is 20.1 Å². The van der Waals surface area contributed by atoms with E-state index >= 15 is 0 Å². The number of aryl methyl sites for hydroxylation is 1. The summed E-state index contributed by atoms with van der Waals surface area (Å²) in [6, 6.07) is 1.85. The molecule has 1 fully saturated rings. The van der Waals surface area contributed by atoms with E-state index in [1.807, 2.05) is 11.8 Å². The Bertz CT molecular complexity index is 902. The molecule has 3 N–H and O–H groups in total. The molecule has 8 nitrogen and oxygen atoms in total. The van der Waals surface area contributed by atoms with E-state index < -0.39 is 5.97 Å². The van der Waals surface area contributed by atoms with Crippen LogP contribution < -0.4 is 5.32 Å². The Hall–Kier alpha value is -2.74. The van der Waals surface area contributed by atoms with E-state index in [0.29, 0.717) is 17.9 Å². The Kier molecular flexibility index (Phi) is 5.13. The van der Waals surface area contributed by atoms with E-state index in [-0.39, 0.29) is 18.3 Å². The fourth-order valence-corrected chi connectivity index (χ4v) is 4.23. The van der Waals surface area contributed by atoms with Gasteiger partial charge in [-0.25, -0.2) is 0 Å². The van der Waals surface area contributed by atoms with E-state index in [9.17, 15) is 9.90 Å². The van der Waals surface area contributed by atoms with Crippen molar-refractivity contribution in [2.45, 2.75) is 45.1 Å². The predicted molar refractivity (Wildman–Crippen MR) is 104 cm³/mol. The molecule has 8 heteroatoms. The van der Waals surface area contributed by atoms with Gasteiger partial charge in [0.15, 0.2) is 5.82 Å². The van der Waals surface area contributed by atoms with Gasteiger partial charge in [0.25, 0.3) is 0 Å². The highest BCUT2D eigenvalue weighted by atomic mass is 16.4. The maximum Gasteiger partial charge on any atom is 0.317 e. The number of likely N-dealkylation sites (tertiary alicyclic amines) is 1. The van der Waals surface area contributed by atoms with Crippen LogP contribution in [0.15, 0.2) is 12.3 Å². The number of carbonyl (C=O) groups is 1. The molecule has 28 heavy (non-hydrogen) atoms. The number of carboxylic acids is 1. The van der Waals surface area contributed by atoms with Gasteiger partial charge < -0.3 is 15.5 Å². The Morgan fingerprint density at radius 2 is 2.07 bits per heavy atom. The van der Waals surface area contributed by atoms with Gasteiger partial charge in [-0.3, -0.25) is 14.7 Å². The van der Waals surface area contributed by atoms with Crippen LogP contribution in [-0.4, -0.2) is 61.9 Å². The second-order valence-electron chi connectivity index (χ2n) is 7.70. The lowest BCUT2D eigenvalue weighted by molar-refractivity contribution is -0.138. The lowest BCUT2D eigenvalue weighted by atomic mass is 10.0. The third-order valence-electron chi connectivity index (χ3n) is 5.47. The summed E-state index contributed by atoms with van der Waals surface area (Å²) in [5.74, 6) is 0.113. The van der Waals surface area contributed by atoms with Crippen LogP contribution in [0.4, 0.5) is 5.82 Å². The molecule has 0 spiro atoms. The van der Waals surface area contributed by atoms with Crippen molar-refractivity contribution in [3.8, 4) is 17.1 Å². The molecular formula is C20H25N5O3. The first-order valence-corrected chi connectivity index (χ1v) is 9.76. The van der Waals surface area contributed by atoms with Gasteiger partial charge >= 0.3 is 5.97 Å². The maximum atomic E-state index is 11.0. The molecule has 4 rings (SSSR count). The first kappa shape index (κ1) is 18.6. The molecule has 3 heterocycles. The average Bonchev–Trinajstić information content (AvgIpc) is 3.13. The van der Waals surface area contributed by atoms with E-state index in [0.717, 1.165) is 61.2 Å². The molecule has 1 saturated heterocycles. The second kappa shape index (κ2) is 7.71. The number of nitrogens with zero attached hydrogens (tertiary/aromatic N) is 4. The molecule has 1 unspecified atom stereocenters. The first-order valence-electron chi connectivity index (χ1n) is 9.76. The largest absolute Gasteiger partial charge is 0.506 e. The van der Waals surface area contributed by atoms with Crippen LogP contribution in [0.2, 0.25) is 0 Å². The molecule has 148 valence electrons. The summed E-state index contributed by atoms with van der Waals surface area (Å²) in [4.78, 5) is 17.3. The van der Waals surface area contributed by atoms with Crippen LogP contribution >= 0.6 is 0 Å². The van der Waals surface area contributed by atoms with Gasteiger partial charge in [0, 0.05) is 24.3 Å². The van der Waals surface area contributed by atoms with Crippen LogP contribution in [-0.2, 0) is 17.6 Å². The van der Waals surface area contributed by atoms with E-state index in [2.05, 4.69) is 20.5 Å². The smallest absolute Gasteiger partial charge is 0.317 e. The number of aliphatic carboxylic acids is 1. The van der Waals surface area contributed by atoms with Crippen molar-refractivity contribution in [3.63, 3.8) is 0 Å².